The van der Waals surface area contributed by atoms with Crippen molar-refractivity contribution in [2.24, 2.45) is 16.6 Å². The van der Waals surface area contributed by atoms with Crippen LogP contribution in [0.5, 0.6) is 0 Å². The summed E-state index contributed by atoms with van der Waals surface area (Å²) in [5, 5.41) is 25.6. The smallest absolute Gasteiger partial charge is 0.229 e. The summed E-state index contributed by atoms with van der Waals surface area (Å²) < 4.78 is 14.3. The second kappa shape index (κ2) is 8.84. The summed E-state index contributed by atoms with van der Waals surface area (Å²) in [6, 6.07) is -0.562. The molecule has 2 aliphatic rings. The number of amides is 1. The standard InChI is InChI=1S/C20H36N6O5Si/c1-10(2)16(28)24-19-23-15-13(17(29)25-19)22-9-26(15)18-14(12(21)11(8-27)30-18)31-32(6,7)20(3,4)5/h9-12,14,17-18,27,29H,8,21H2,1-7H3,(H2,23,24,25,28)/t11-,12?,14?,17?,18-/m1/s1. The summed E-state index contributed by atoms with van der Waals surface area (Å²) in [5.41, 5.74) is 6.73. The van der Waals surface area contributed by atoms with E-state index in [4.69, 9.17) is 14.9 Å². The van der Waals surface area contributed by atoms with Gasteiger partial charge in [-0.1, -0.05) is 34.6 Å². The number of aliphatic hydroxyl groups excluding tert-OH is 2. The highest BCUT2D eigenvalue weighted by molar-refractivity contribution is 6.74. The Morgan fingerprint density at radius 2 is 2.09 bits per heavy atom. The molecule has 1 fully saturated rings. The minimum Gasteiger partial charge on any atom is -0.408 e. The molecule has 1 aromatic rings. The third kappa shape index (κ3) is 4.61. The maximum Gasteiger partial charge on any atom is 0.229 e. The number of nitrogens with one attached hydrogen (secondary N) is 2. The number of ether oxygens (including phenoxy) is 1. The number of imidazole rings is 1. The first-order chi connectivity index (χ1) is 14.8. The number of hydrogen-bond donors (Lipinski definition) is 5. The molecule has 3 unspecified atom stereocenters. The number of nitrogens with two attached hydrogens (primary N) is 1. The molecule has 0 radical (unpaired) electrons. The van der Waals surface area contributed by atoms with Gasteiger partial charge in [-0.3, -0.25) is 14.7 Å². The minimum absolute atomic E-state index is 0.0600. The van der Waals surface area contributed by atoms with Crippen molar-refractivity contribution in [3.05, 3.63) is 12.0 Å². The molecule has 0 bridgehead atoms. The first-order valence-electron chi connectivity index (χ1n) is 10.9. The molecule has 1 saturated heterocycles. The lowest BCUT2D eigenvalue weighted by Crippen LogP contribution is -2.51. The van der Waals surface area contributed by atoms with E-state index < -0.39 is 39.0 Å². The van der Waals surface area contributed by atoms with E-state index in [0.29, 0.717) is 11.5 Å². The number of aliphatic hydroxyl groups is 2. The van der Waals surface area contributed by atoms with Crippen LogP contribution in [0.25, 0.3) is 0 Å². The van der Waals surface area contributed by atoms with E-state index in [1.54, 1.807) is 18.4 Å². The van der Waals surface area contributed by atoms with E-state index in [0.717, 1.165) is 0 Å². The van der Waals surface area contributed by atoms with Gasteiger partial charge in [-0.2, -0.15) is 4.99 Å². The fourth-order valence-electron chi connectivity index (χ4n) is 3.32. The Labute approximate surface area is 189 Å². The number of aromatic nitrogens is 2. The van der Waals surface area contributed by atoms with Gasteiger partial charge in [0, 0.05) is 5.92 Å². The zero-order chi connectivity index (χ0) is 24.0. The number of carbonyl (C=O) groups excluding carboxylic acids is 1. The number of rotatable bonds is 5. The van der Waals surface area contributed by atoms with E-state index >= 15 is 0 Å². The lowest BCUT2D eigenvalue weighted by Gasteiger charge is -2.40. The van der Waals surface area contributed by atoms with Crippen LogP contribution in [-0.4, -0.2) is 64.8 Å². The van der Waals surface area contributed by atoms with Gasteiger partial charge < -0.3 is 30.4 Å². The number of carbonyl (C=O) groups is 1. The SMILES string of the molecule is CC(C)C(=O)NC1=Nc2c(ncn2[C@@H]2O[C@H](CO)C(N)C2O[Si](C)(C)C(C)(C)C)C(O)N1. The minimum atomic E-state index is -2.24. The molecular weight excluding hydrogens is 432 g/mol. The Bertz CT molecular complexity index is 880. The fraction of sp³-hybridized carbons (Fsp3) is 0.750. The zero-order valence-electron chi connectivity index (χ0n) is 19.8. The van der Waals surface area contributed by atoms with Crippen molar-refractivity contribution in [1.82, 2.24) is 20.2 Å². The zero-order valence-corrected chi connectivity index (χ0v) is 20.8. The van der Waals surface area contributed by atoms with Crippen LogP contribution in [0.2, 0.25) is 18.1 Å². The van der Waals surface area contributed by atoms with Gasteiger partial charge in [0.2, 0.25) is 11.9 Å². The Balaban J connectivity index is 1.98. The van der Waals surface area contributed by atoms with Crippen molar-refractivity contribution < 1.29 is 24.2 Å². The highest BCUT2D eigenvalue weighted by Gasteiger charge is 2.50. The molecule has 2 aliphatic heterocycles. The maximum absolute atomic E-state index is 12.1. The summed E-state index contributed by atoms with van der Waals surface area (Å²) in [5.74, 6) is -0.0494. The highest BCUT2D eigenvalue weighted by atomic mass is 28.4. The third-order valence-corrected chi connectivity index (χ3v) is 10.9. The van der Waals surface area contributed by atoms with Gasteiger partial charge in [0.1, 0.15) is 17.9 Å². The molecular formula is C20H36N6O5Si. The summed E-state index contributed by atoms with van der Waals surface area (Å²) in [7, 11) is -2.24. The van der Waals surface area contributed by atoms with Crippen molar-refractivity contribution in [2.45, 2.75) is 83.5 Å². The lowest BCUT2D eigenvalue weighted by molar-refractivity contribution is -0.122. The van der Waals surface area contributed by atoms with Crippen LogP contribution in [0.4, 0.5) is 5.82 Å². The molecule has 32 heavy (non-hydrogen) atoms. The van der Waals surface area contributed by atoms with Crippen LogP contribution in [-0.2, 0) is 14.0 Å². The second-order valence-corrected chi connectivity index (χ2v) is 14.9. The van der Waals surface area contributed by atoms with Gasteiger partial charge in [-0.15, -0.1) is 0 Å². The summed E-state index contributed by atoms with van der Waals surface area (Å²) in [6.45, 7) is 13.9. The number of hydrogen-bond acceptors (Lipinski definition) is 9. The summed E-state index contributed by atoms with van der Waals surface area (Å²) in [4.78, 5) is 20.9. The van der Waals surface area contributed by atoms with E-state index in [-0.39, 0.29) is 29.4 Å². The Morgan fingerprint density at radius 3 is 2.66 bits per heavy atom. The normalized spacial score (nSPS) is 28.3. The molecule has 5 atom stereocenters. The van der Waals surface area contributed by atoms with Crippen molar-refractivity contribution >= 4 is 26.0 Å². The highest BCUT2D eigenvalue weighted by Crippen LogP contribution is 2.43. The van der Waals surface area contributed by atoms with Crippen LogP contribution in [0.1, 0.15) is 52.8 Å². The molecule has 0 spiro atoms. The third-order valence-electron chi connectivity index (χ3n) is 6.41. The van der Waals surface area contributed by atoms with Gasteiger partial charge in [-0.25, -0.2) is 4.98 Å². The van der Waals surface area contributed by atoms with E-state index in [1.807, 2.05) is 0 Å². The van der Waals surface area contributed by atoms with Crippen molar-refractivity contribution in [3.63, 3.8) is 0 Å². The predicted octanol–water partition coefficient (Wildman–Crippen LogP) is 0.844. The summed E-state index contributed by atoms with van der Waals surface area (Å²) >= 11 is 0. The molecule has 0 aliphatic carbocycles. The average Bonchev–Trinajstić information content (AvgIpc) is 3.22. The number of aliphatic imine (C=N–C) groups is 1. The number of nitrogens with zero attached hydrogens (tertiary/aromatic N) is 3. The first-order valence-corrected chi connectivity index (χ1v) is 13.8. The van der Waals surface area contributed by atoms with Crippen LogP contribution in [0.3, 0.4) is 0 Å². The molecule has 6 N–H and O–H groups in total. The molecule has 0 saturated carbocycles. The fourth-order valence-corrected chi connectivity index (χ4v) is 4.62. The van der Waals surface area contributed by atoms with E-state index in [1.165, 1.54) is 6.33 Å². The average molecular weight is 469 g/mol. The molecule has 1 aromatic heterocycles. The Hall–Kier alpha value is -1.83. The van der Waals surface area contributed by atoms with Gasteiger partial charge >= 0.3 is 0 Å². The van der Waals surface area contributed by atoms with Crippen molar-refractivity contribution in [1.29, 1.82) is 0 Å². The monoisotopic (exact) mass is 468 g/mol. The molecule has 3 rings (SSSR count). The number of fused-ring (bicyclic) bond motifs is 1. The van der Waals surface area contributed by atoms with Crippen molar-refractivity contribution in [2.75, 3.05) is 6.61 Å². The molecule has 1 amide bonds. The van der Waals surface area contributed by atoms with Gasteiger partial charge in [0.05, 0.1) is 19.0 Å². The van der Waals surface area contributed by atoms with Crippen LogP contribution in [0.15, 0.2) is 11.3 Å². The molecule has 0 aromatic carbocycles. The summed E-state index contributed by atoms with van der Waals surface area (Å²) in [6.07, 6.45) is -1.53. The Kier molecular flexibility index (Phi) is 6.85. The molecule has 3 heterocycles. The molecule has 180 valence electrons. The quantitative estimate of drug-likeness (QED) is 0.398. The maximum atomic E-state index is 12.1. The van der Waals surface area contributed by atoms with Gasteiger partial charge in [0.25, 0.3) is 0 Å². The molecule has 11 nitrogen and oxygen atoms in total. The topological polar surface area (TPSA) is 156 Å². The van der Waals surface area contributed by atoms with Crippen molar-refractivity contribution in [3.8, 4) is 0 Å². The van der Waals surface area contributed by atoms with Gasteiger partial charge in [0.15, 0.2) is 26.6 Å². The van der Waals surface area contributed by atoms with E-state index in [2.05, 4.69) is 54.5 Å². The second-order valence-electron chi connectivity index (χ2n) is 10.2. The van der Waals surface area contributed by atoms with Crippen LogP contribution < -0.4 is 16.4 Å². The first kappa shape index (κ1) is 24.8. The lowest BCUT2D eigenvalue weighted by atomic mass is 10.1. The van der Waals surface area contributed by atoms with Crippen LogP contribution >= 0.6 is 0 Å². The Morgan fingerprint density at radius 1 is 1.44 bits per heavy atom. The predicted molar refractivity (Wildman–Crippen MR) is 121 cm³/mol. The van der Waals surface area contributed by atoms with Gasteiger partial charge in [-0.05, 0) is 18.1 Å². The van der Waals surface area contributed by atoms with E-state index in [9.17, 15) is 15.0 Å². The number of guanidine groups is 1. The molecule has 12 heteroatoms. The largest absolute Gasteiger partial charge is 0.408 e. The van der Waals surface area contributed by atoms with Crippen LogP contribution in [0, 0.1) is 5.92 Å².